The van der Waals surface area contributed by atoms with Crippen molar-refractivity contribution in [2.24, 2.45) is 0 Å². The Kier molecular flexibility index (Phi) is 2.82. The molecule has 3 aromatic rings. The third kappa shape index (κ3) is 1.89. The lowest BCUT2D eigenvalue weighted by molar-refractivity contribution is 0.818. The number of imidazole rings is 1. The van der Waals surface area contributed by atoms with Gasteiger partial charge in [-0.3, -0.25) is 4.40 Å². The van der Waals surface area contributed by atoms with E-state index in [2.05, 4.69) is 45.0 Å². The molecule has 0 spiro atoms. The SMILES string of the molecule is CNCc1ccc(-c2cccc3nccn23)cc1. The van der Waals surface area contributed by atoms with Crippen molar-refractivity contribution in [3.05, 3.63) is 60.4 Å². The van der Waals surface area contributed by atoms with E-state index in [4.69, 9.17) is 0 Å². The Labute approximate surface area is 106 Å². The molecule has 0 aliphatic carbocycles. The van der Waals surface area contributed by atoms with Crippen molar-refractivity contribution in [1.82, 2.24) is 14.7 Å². The number of benzene rings is 1. The lowest BCUT2D eigenvalue weighted by Crippen LogP contribution is -2.04. The van der Waals surface area contributed by atoms with Crippen LogP contribution in [0.5, 0.6) is 0 Å². The summed E-state index contributed by atoms with van der Waals surface area (Å²) < 4.78 is 2.10. The van der Waals surface area contributed by atoms with Crippen LogP contribution in [0.2, 0.25) is 0 Å². The number of fused-ring (bicyclic) bond motifs is 1. The van der Waals surface area contributed by atoms with Crippen molar-refractivity contribution in [3.8, 4) is 11.3 Å². The Hall–Kier alpha value is -2.13. The highest BCUT2D eigenvalue weighted by molar-refractivity contribution is 5.63. The molecule has 1 N–H and O–H groups in total. The van der Waals surface area contributed by atoms with Crippen LogP contribution in [0.1, 0.15) is 5.56 Å². The number of nitrogens with one attached hydrogen (secondary N) is 1. The molecular weight excluding hydrogens is 222 g/mol. The molecule has 0 aliphatic rings. The monoisotopic (exact) mass is 237 g/mol. The molecule has 1 aromatic carbocycles. The molecular formula is C15H15N3. The molecule has 0 amide bonds. The van der Waals surface area contributed by atoms with Crippen LogP contribution in [0.3, 0.4) is 0 Å². The second-order valence-corrected chi connectivity index (χ2v) is 4.29. The summed E-state index contributed by atoms with van der Waals surface area (Å²) in [5, 5.41) is 3.15. The van der Waals surface area contributed by atoms with Gasteiger partial charge >= 0.3 is 0 Å². The van der Waals surface area contributed by atoms with Gasteiger partial charge in [0.1, 0.15) is 5.65 Å². The Balaban J connectivity index is 2.06. The second-order valence-electron chi connectivity index (χ2n) is 4.29. The zero-order valence-electron chi connectivity index (χ0n) is 10.3. The van der Waals surface area contributed by atoms with Gasteiger partial charge < -0.3 is 5.32 Å². The van der Waals surface area contributed by atoms with Crippen LogP contribution in [0, 0.1) is 0 Å². The van der Waals surface area contributed by atoms with E-state index in [-0.39, 0.29) is 0 Å². The second kappa shape index (κ2) is 4.63. The highest BCUT2D eigenvalue weighted by atomic mass is 15.0. The molecule has 0 radical (unpaired) electrons. The first-order valence-electron chi connectivity index (χ1n) is 6.04. The van der Waals surface area contributed by atoms with Gasteiger partial charge in [-0.2, -0.15) is 0 Å². The van der Waals surface area contributed by atoms with Crippen molar-refractivity contribution in [1.29, 1.82) is 0 Å². The first-order valence-corrected chi connectivity index (χ1v) is 6.04. The molecule has 0 atom stereocenters. The summed E-state index contributed by atoms with van der Waals surface area (Å²) >= 11 is 0. The van der Waals surface area contributed by atoms with Gasteiger partial charge in [0, 0.05) is 18.9 Å². The quantitative estimate of drug-likeness (QED) is 0.759. The Morgan fingerprint density at radius 3 is 2.72 bits per heavy atom. The fourth-order valence-corrected chi connectivity index (χ4v) is 2.18. The fourth-order valence-electron chi connectivity index (χ4n) is 2.18. The van der Waals surface area contributed by atoms with E-state index in [9.17, 15) is 0 Å². The van der Waals surface area contributed by atoms with Gasteiger partial charge in [0.05, 0.1) is 5.69 Å². The average molecular weight is 237 g/mol. The molecule has 0 saturated heterocycles. The van der Waals surface area contributed by atoms with Crippen molar-refractivity contribution in [2.45, 2.75) is 6.54 Å². The minimum atomic E-state index is 0.898. The van der Waals surface area contributed by atoms with E-state index in [1.807, 2.05) is 31.6 Å². The van der Waals surface area contributed by atoms with Crippen molar-refractivity contribution in [2.75, 3.05) is 7.05 Å². The van der Waals surface area contributed by atoms with Crippen LogP contribution < -0.4 is 5.32 Å². The van der Waals surface area contributed by atoms with Crippen LogP contribution in [0.4, 0.5) is 0 Å². The molecule has 0 unspecified atom stereocenters. The van der Waals surface area contributed by atoms with Gasteiger partial charge in [0.15, 0.2) is 0 Å². The summed E-state index contributed by atoms with van der Waals surface area (Å²) in [4.78, 5) is 4.30. The van der Waals surface area contributed by atoms with E-state index in [0.717, 1.165) is 12.2 Å². The molecule has 0 saturated carbocycles. The first kappa shape index (κ1) is 11.0. The lowest BCUT2D eigenvalue weighted by atomic mass is 10.1. The number of hydrogen-bond donors (Lipinski definition) is 1. The number of pyridine rings is 1. The normalized spacial score (nSPS) is 10.9. The van der Waals surface area contributed by atoms with E-state index in [0.29, 0.717) is 0 Å². The summed E-state index contributed by atoms with van der Waals surface area (Å²) in [6.07, 6.45) is 3.82. The number of hydrogen-bond acceptors (Lipinski definition) is 2. The molecule has 0 fully saturated rings. The molecule has 90 valence electrons. The van der Waals surface area contributed by atoms with Crippen LogP contribution >= 0.6 is 0 Å². The fraction of sp³-hybridized carbons (Fsp3) is 0.133. The predicted molar refractivity (Wildman–Crippen MR) is 73.4 cm³/mol. The lowest BCUT2D eigenvalue weighted by Gasteiger charge is -2.07. The van der Waals surface area contributed by atoms with Crippen molar-refractivity contribution < 1.29 is 0 Å². The molecule has 3 heteroatoms. The van der Waals surface area contributed by atoms with E-state index < -0.39 is 0 Å². The van der Waals surface area contributed by atoms with Crippen molar-refractivity contribution >= 4 is 5.65 Å². The highest BCUT2D eigenvalue weighted by Gasteiger charge is 2.03. The largest absolute Gasteiger partial charge is 0.316 e. The zero-order valence-corrected chi connectivity index (χ0v) is 10.3. The molecule has 0 bridgehead atoms. The highest BCUT2D eigenvalue weighted by Crippen LogP contribution is 2.20. The number of nitrogens with zero attached hydrogens (tertiary/aromatic N) is 2. The van der Waals surface area contributed by atoms with Crippen LogP contribution in [-0.4, -0.2) is 16.4 Å². The third-order valence-corrected chi connectivity index (χ3v) is 3.06. The van der Waals surface area contributed by atoms with Gasteiger partial charge in [0.2, 0.25) is 0 Å². The smallest absolute Gasteiger partial charge is 0.137 e. The van der Waals surface area contributed by atoms with Crippen LogP contribution in [0.15, 0.2) is 54.9 Å². The summed E-state index contributed by atoms with van der Waals surface area (Å²) in [5.74, 6) is 0. The standard InChI is InChI=1S/C15H15N3/c1-16-11-12-5-7-13(8-6-12)14-3-2-4-15-17-9-10-18(14)15/h2-10,16H,11H2,1H3. The molecule has 2 heterocycles. The third-order valence-electron chi connectivity index (χ3n) is 3.06. The molecule has 3 nitrogen and oxygen atoms in total. The maximum Gasteiger partial charge on any atom is 0.137 e. The predicted octanol–water partition coefficient (Wildman–Crippen LogP) is 2.72. The molecule has 2 aromatic heterocycles. The maximum absolute atomic E-state index is 4.30. The van der Waals surface area contributed by atoms with Gasteiger partial charge in [-0.05, 0) is 30.3 Å². The van der Waals surface area contributed by atoms with Gasteiger partial charge in [0.25, 0.3) is 0 Å². The first-order chi connectivity index (χ1) is 8.88. The number of rotatable bonds is 3. The van der Waals surface area contributed by atoms with E-state index in [1.165, 1.54) is 16.8 Å². The molecule has 3 rings (SSSR count). The molecule has 0 aliphatic heterocycles. The van der Waals surface area contributed by atoms with E-state index in [1.54, 1.807) is 0 Å². The molecule has 18 heavy (non-hydrogen) atoms. The Bertz CT molecular complexity index is 653. The summed E-state index contributed by atoms with van der Waals surface area (Å²) in [6, 6.07) is 14.8. The van der Waals surface area contributed by atoms with Crippen LogP contribution in [0.25, 0.3) is 16.9 Å². The Morgan fingerprint density at radius 2 is 1.94 bits per heavy atom. The summed E-state index contributed by atoms with van der Waals surface area (Å²) in [5.41, 5.74) is 4.64. The number of aromatic nitrogens is 2. The summed E-state index contributed by atoms with van der Waals surface area (Å²) in [7, 11) is 1.96. The van der Waals surface area contributed by atoms with Crippen LogP contribution in [-0.2, 0) is 6.54 Å². The minimum Gasteiger partial charge on any atom is -0.316 e. The van der Waals surface area contributed by atoms with Gasteiger partial charge in [-0.15, -0.1) is 0 Å². The van der Waals surface area contributed by atoms with Gasteiger partial charge in [-0.25, -0.2) is 4.98 Å². The topological polar surface area (TPSA) is 29.3 Å². The average Bonchev–Trinajstić information content (AvgIpc) is 2.88. The summed E-state index contributed by atoms with van der Waals surface area (Å²) in [6.45, 7) is 0.898. The zero-order chi connectivity index (χ0) is 12.4. The minimum absolute atomic E-state index is 0.898. The van der Waals surface area contributed by atoms with Crippen molar-refractivity contribution in [3.63, 3.8) is 0 Å². The Morgan fingerprint density at radius 1 is 1.11 bits per heavy atom. The maximum atomic E-state index is 4.30. The van der Waals surface area contributed by atoms with Gasteiger partial charge in [-0.1, -0.05) is 30.3 Å². The van der Waals surface area contributed by atoms with E-state index >= 15 is 0 Å².